The number of aliphatic hydroxyl groups is 1. The number of ether oxygens (including phenoxy) is 1. The van der Waals surface area contributed by atoms with E-state index in [0.29, 0.717) is 30.1 Å². The van der Waals surface area contributed by atoms with Crippen molar-refractivity contribution in [2.75, 3.05) is 32.1 Å². The van der Waals surface area contributed by atoms with Crippen molar-refractivity contribution >= 4 is 27.1 Å². The summed E-state index contributed by atoms with van der Waals surface area (Å²) in [5.41, 5.74) is 6.17. The van der Waals surface area contributed by atoms with E-state index in [1.54, 1.807) is 6.92 Å². The number of rotatable bonds is 12. The second-order valence-corrected chi connectivity index (χ2v) is 9.54. The first kappa shape index (κ1) is 26.5. The minimum atomic E-state index is -3.74. The van der Waals surface area contributed by atoms with E-state index in [1.807, 2.05) is 13.8 Å². The highest BCUT2D eigenvalue weighted by atomic mass is 32.2. The van der Waals surface area contributed by atoms with Crippen molar-refractivity contribution < 1.29 is 23.4 Å². The lowest BCUT2D eigenvalue weighted by molar-refractivity contribution is 0.0961. The van der Waals surface area contributed by atoms with Crippen LogP contribution in [0.25, 0.3) is 0 Å². The molecule has 0 bridgehead atoms. The minimum Gasteiger partial charge on any atom is -0.493 e. The Kier molecular flexibility index (Phi) is 9.53. The molecule has 1 heterocycles. The molecule has 0 saturated carbocycles. The minimum absolute atomic E-state index is 0.00954. The van der Waals surface area contributed by atoms with E-state index in [-0.39, 0.29) is 48.5 Å². The summed E-state index contributed by atoms with van der Waals surface area (Å²) in [4.78, 5) is 12.9. The Morgan fingerprint density at radius 3 is 2.45 bits per heavy atom. The van der Waals surface area contributed by atoms with Crippen molar-refractivity contribution in [3.8, 4) is 5.88 Å². The first-order chi connectivity index (χ1) is 15.6. The summed E-state index contributed by atoms with van der Waals surface area (Å²) in [6.45, 7) is 6.07. The van der Waals surface area contributed by atoms with Gasteiger partial charge in [-0.25, -0.2) is 13.1 Å². The van der Waals surface area contributed by atoms with Gasteiger partial charge in [0.05, 0.1) is 36.1 Å². The molecule has 0 radical (unpaired) electrons. The first-order valence-corrected chi connectivity index (χ1v) is 12.0. The molecule has 0 atom stereocenters. The van der Waals surface area contributed by atoms with Gasteiger partial charge in [-0.1, -0.05) is 13.8 Å². The molecule has 0 saturated heterocycles. The molecule has 2 rings (SSSR count). The van der Waals surface area contributed by atoms with Gasteiger partial charge in [0, 0.05) is 18.7 Å². The molecule has 0 aliphatic carbocycles. The third-order valence-corrected chi connectivity index (χ3v) is 6.30. The average molecular weight is 482 g/mol. The Morgan fingerprint density at radius 1 is 1.18 bits per heavy atom. The molecule has 11 nitrogen and oxygen atoms in total. The van der Waals surface area contributed by atoms with Crippen molar-refractivity contribution in [3.63, 3.8) is 0 Å². The monoisotopic (exact) mass is 481 g/mol. The standard InChI is InChI=1S/C21H31N5O6S/c1-14(2)8-10-26-20(28)18(22)15(3)19(21(26)29)25-24-16-4-6-17(7-5-16)33(30,31)23-9-12-32-13-11-27/h4-7,14,23,27-28H,8-13,22H2,1-3H3. The van der Waals surface area contributed by atoms with Crippen molar-refractivity contribution in [2.45, 2.75) is 38.6 Å². The van der Waals surface area contributed by atoms with Gasteiger partial charge in [0.15, 0.2) is 5.69 Å². The Labute approximate surface area is 193 Å². The number of nitrogens with one attached hydrogen (secondary N) is 1. The van der Waals surface area contributed by atoms with E-state index in [9.17, 15) is 18.3 Å². The number of anilines is 1. The van der Waals surface area contributed by atoms with E-state index in [0.717, 1.165) is 0 Å². The number of hydrogen-bond acceptors (Lipinski definition) is 9. The van der Waals surface area contributed by atoms with E-state index in [2.05, 4.69) is 15.0 Å². The number of hydrogen-bond donors (Lipinski definition) is 4. The lowest BCUT2D eigenvalue weighted by Gasteiger charge is -2.14. The van der Waals surface area contributed by atoms with Crippen LogP contribution in [0.15, 0.2) is 44.2 Å². The highest BCUT2D eigenvalue weighted by Gasteiger charge is 2.18. The molecule has 0 aliphatic rings. The molecule has 2 aromatic rings. The van der Waals surface area contributed by atoms with Crippen LogP contribution >= 0.6 is 0 Å². The number of pyridine rings is 1. The van der Waals surface area contributed by atoms with Crippen molar-refractivity contribution in [1.82, 2.24) is 9.29 Å². The molecule has 182 valence electrons. The number of nitrogen functional groups attached to an aromatic ring is 1. The molecule has 12 heteroatoms. The van der Waals surface area contributed by atoms with E-state index >= 15 is 0 Å². The molecule has 0 unspecified atom stereocenters. The lowest BCUT2D eigenvalue weighted by Crippen LogP contribution is -2.27. The molecule has 5 N–H and O–H groups in total. The van der Waals surface area contributed by atoms with Crippen LogP contribution < -0.4 is 16.0 Å². The molecule has 1 aromatic heterocycles. The van der Waals surface area contributed by atoms with Crippen LogP contribution in [0, 0.1) is 12.8 Å². The van der Waals surface area contributed by atoms with Crippen LogP contribution in [0.1, 0.15) is 25.8 Å². The Hall–Kier alpha value is -2.80. The number of sulfonamides is 1. The van der Waals surface area contributed by atoms with Gasteiger partial charge in [0.1, 0.15) is 0 Å². The number of aromatic nitrogens is 1. The Balaban J connectivity index is 2.20. The summed E-state index contributed by atoms with van der Waals surface area (Å²) in [5, 5.41) is 27.0. The van der Waals surface area contributed by atoms with E-state index in [1.165, 1.54) is 28.8 Å². The molecule has 0 fully saturated rings. The highest BCUT2D eigenvalue weighted by Crippen LogP contribution is 2.30. The predicted molar refractivity (Wildman–Crippen MR) is 125 cm³/mol. The normalized spacial score (nSPS) is 12.2. The van der Waals surface area contributed by atoms with Crippen LogP contribution in [0.4, 0.5) is 17.1 Å². The Bertz CT molecular complexity index is 1130. The fourth-order valence-corrected chi connectivity index (χ4v) is 3.85. The van der Waals surface area contributed by atoms with Gasteiger partial charge in [-0.15, -0.1) is 5.11 Å². The number of azo groups is 1. The van der Waals surface area contributed by atoms with Crippen LogP contribution in [0.2, 0.25) is 0 Å². The smallest absolute Gasteiger partial charge is 0.281 e. The van der Waals surface area contributed by atoms with Crippen LogP contribution in [0.3, 0.4) is 0 Å². The summed E-state index contributed by atoms with van der Waals surface area (Å²) in [5.74, 6) is 0.0298. The van der Waals surface area contributed by atoms with Gasteiger partial charge in [-0.05, 0) is 43.5 Å². The fraction of sp³-hybridized carbons (Fsp3) is 0.476. The molecule has 1 aromatic carbocycles. The largest absolute Gasteiger partial charge is 0.493 e. The van der Waals surface area contributed by atoms with E-state index < -0.39 is 15.6 Å². The van der Waals surface area contributed by atoms with Crippen molar-refractivity contribution in [2.24, 2.45) is 16.1 Å². The van der Waals surface area contributed by atoms with E-state index in [4.69, 9.17) is 15.6 Å². The zero-order chi connectivity index (χ0) is 24.6. The summed E-state index contributed by atoms with van der Waals surface area (Å²) in [7, 11) is -3.74. The zero-order valence-electron chi connectivity index (χ0n) is 19.0. The fourth-order valence-electron chi connectivity index (χ4n) is 2.84. The number of aromatic hydroxyl groups is 1. The molecular weight excluding hydrogens is 450 g/mol. The van der Waals surface area contributed by atoms with Gasteiger partial charge in [0.2, 0.25) is 15.9 Å². The second-order valence-electron chi connectivity index (χ2n) is 7.78. The predicted octanol–water partition coefficient (Wildman–Crippen LogP) is 2.19. The zero-order valence-corrected chi connectivity index (χ0v) is 19.8. The van der Waals surface area contributed by atoms with Crippen molar-refractivity contribution in [3.05, 3.63) is 40.2 Å². The highest BCUT2D eigenvalue weighted by molar-refractivity contribution is 7.89. The third-order valence-electron chi connectivity index (χ3n) is 4.82. The Morgan fingerprint density at radius 2 is 1.85 bits per heavy atom. The second kappa shape index (κ2) is 11.9. The quantitative estimate of drug-likeness (QED) is 0.266. The van der Waals surface area contributed by atoms with Gasteiger partial charge < -0.3 is 20.7 Å². The number of benzene rings is 1. The molecular formula is C21H31N5O6S. The maximum absolute atomic E-state index is 12.8. The van der Waals surface area contributed by atoms with Gasteiger partial charge >= 0.3 is 0 Å². The third kappa shape index (κ3) is 7.09. The molecule has 0 spiro atoms. The number of nitrogens with two attached hydrogens (primary N) is 1. The summed E-state index contributed by atoms with van der Waals surface area (Å²) in [6.07, 6.45) is 0.671. The summed E-state index contributed by atoms with van der Waals surface area (Å²) in [6, 6.07) is 5.64. The summed E-state index contributed by atoms with van der Waals surface area (Å²) < 4.78 is 33.2. The SMILES string of the molecule is Cc1c(N)c(O)n(CCC(C)C)c(=O)c1N=Nc1ccc(S(=O)(=O)NCCOCCO)cc1. The van der Waals surface area contributed by atoms with Gasteiger partial charge in [-0.2, -0.15) is 5.11 Å². The number of nitrogens with zero attached hydrogens (tertiary/aromatic N) is 3. The summed E-state index contributed by atoms with van der Waals surface area (Å²) >= 11 is 0. The topological polar surface area (TPSA) is 169 Å². The maximum Gasteiger partial charge on any atom is 0.281 e. The lowest BCUT2D eigenvalue weighted by atomic mass is 10.1. The average Bonchev–Trinajstić information content (AvgIpc) is 2.77. The molecule has 0 amide bonds. The molecule has 33 heavy (non-hydrogen) atoms. The van der Waals surface area contributed by atoms with Crippen molar-refractivity contribution in [1.29, 1.82) is 0 Å². The van der Waals surface area contributed by atoms with Crippen LogP contribution in [0.5, 0.6) is 5.88 Å². The van der Waals surface area contributed by atoms with Gasteiger partial charge in [0.25, 0.3) is 5.56 Å². The molecule has 0 aliphatic heterocycles. The van der Waals surface area contributed by atoms with Crippen LogP contribution in [-0.2, 0) is 21.3 Å². The van der Waals surface area contributed by atoms with Crippen LogP contribution in [-0.4, -0.2) is 49.6 Å². The first-order valence-electron chi connectivity index (χ1n) is 10.5. The number of aliphatic hydroxyl groups excluding tert-OH is 1. The maximum atomic E-state index is 12.8. The van der Waals surface area contributed by atoms with Gasteiger partial charge in [-0.3, -0.25) is 9.36 Å².